The van der Waals surface area contributed by atoms with Crippen LogP contribution in [0.2, 0.25) is 0 Å². The fraction of sp³-hybridized carbons (Fsp3) is 1.00. The van der Waals surface area contributed by atoms with Crippen molar-refractivity contribution in [3.63, 3.8) is 0 Å². The van der Waals surface area contributed by atoms with Gasteiger partial charge in [-0.15, -0.1) is 0 Å². The maximum absolute atomic E-state index is 3.66. The average Bonchev–Trinajstić information content (AvgIpc) is 2.12. The molecule has 0 bridgehead atoms. The first-order chi connectivity index (χ1) is 5.47. The van der Waals surface area contributed by atoms with Crippen molar-refractivity contribution < 1.29 is 0 Å². The molecule has 0 aromatic heterocycles. The Morgan fingerprint density at radius 3 is 2.82 bits per heavy atom. The molecular weight excluding hydrogens is 154 g/mol. The minimum absolute atomic E-state index is 0.858. The fourth-order valence-electron chi connectivity index (χ4n) is 1.88. The van der Waals surface area contributed by atoms with Crippen molar-refractivity contribution in [3.8, 4) is 0 Å². The van der Waals surface area contributed by atoms with Crippen LogP contribution in [0.1, 0.15) is 25.7 Å². The normalized spacial score (nSPS) is 34.4. The first-order valence-electron chi connectivity index (χ1n) is 4.78. The quantitative estimate of drug-likeness (QED) is 0.646. The molecule has 1 saturated heterocycles. The van der Waals surface area contributed by atoms with Gasteiger partial charge in [-0.25, -0.2) is 0 Å². The van der Waals surface area contributed by atoms with E-state index in [1.807, 2.05) is 0 Å². The second kappa shape index (κ2) is 3.81. The Labute approximate surface area is 73.3 Å². The highest BCUT2D eigenvalue weighted by Gasteiger charge is 2.27. The first-order valence-corrected chi connectivity index (χ1v) is 5.93. The lowest BCUT2D eigenvalue weighted by Crippen LogP contribution is -2.40. The first kappa shape index (κ1) is 7.93. The summed E-state index contributed by atoms with van der Waals surface area (Å²) in [6.07, 6.45) is 5.82. The maximum Gasteiger partial charge on any atom is 0.0186 e. The third-order valence-corrected chi connectivity index (χ3v) is 4.06. The highest BCUT2D eigenvalue weighted by molar-refractivity contribution is 7.99. The molecule has 0 spiro atoms. The third-order valence-electron chi connectivity index (χ3n) is 2.89. The molecule has 0 amide bonds. The Kier molecular flexibility index (Phi) is 2.75. The van der Waals surface area contributed by atoms with Crippen LogP contribution in [-0.2, 0) is 0 Å². The molecule has 1 nitrogen and oxygen atoms in total. The molecule has 64 valence electrons. The van der Waals surface area contributed by atoms with E-state index in [1.165, 1.54) is 43.7 Å². The molecule has 1 aliphatic carbocycles. The summed E-state index contributed by atoms with van der Waals surface area (Å²) in [5.74, 6) is 3.77. The molecule has 1 aliphatic heterocycles. The minimum atomic E-state index is 0.858. The summed E-state index contributed by atoms with van der Waals surface area (Å²) in [6, 6.07) is 0.858. The van der Waals surface area contributed by atoms with Crippen LogP contribution in [0.4, 0.5) is 0 Å². The number of thioether (sulfide) groups is 1. The van der Waals surface area contributed by atoms with Crippen LogP contribution in [0.5, 0.6) is 0 Å². The van der Waals surface area contributed by atoms with Gasteiger partial charge in [0, 0.05) is 11.8 Å². The average molecular weight is 171 g/mol. The van der Waals surface area contributed by atoms with Crippen molar-refractivity contribution >= 4 is 11.8 Å². The van der Waals surface area contributed by atoms with Gasteiger partial charge in [-0.2, -0.15) is 11.8 Å². The van der Waals surface area contributed by atoms with E-state index in [4.69, 9.17) is 0 Å². The SMILES string of the molecule is C1CN[C@H](C2CCC2)CSC1. The summed E-state index contributed by atoms with van der Waals surface area (Å²) in [4.78, 5) is 0. The van der Waals surface area contributed by atoms with Crippen molar-refractivity contribution in [1.82, 2.24) is 5.32 Å². The number of rotatable bonds is 1. The van der Waals surface area contributed by atoms with Crippen LogP contribution in [0, 0.1) is 5.92 Å². The van der Waals surface area contributed by atoms with Gasteiger partial charge in [-0.05, 0) is 37.5 Å². The fourth-order valence-corrected chi connectivity index (χ4v) is 3.03. The van der Waals surface area contributed by atoms with Gasteiger partial charge in [0.05, 0.1) is 0 Å². The topological polar surface area (TPSA) is 12.0 Å². The van der Waals surface area contributed by atoms with Crippen LogP contribution in [-0.4, -0.2) is 24.1 Å². The van der Waals surface area contributed by atoms with E-state index in [-0.39, 0.29) is 0 Å². The van der Waals surface area contributed by atoms with Crippen LogP contribution in [0.25, 0.3) is 0 Å². The van der Waals surface area contributed by atoms with Crippen LogP contribution >= 0.6 is 11.8 Å². The molecule has 0 aromatic carbocycles. The van der Waals surface area contributed by atoms with E-state index < -0.39 is 0 Å². The summed E-state index contributed by atoms with van der Waals surface area (Å²) < 4.78 is 0. The number of hydrogen-bond acceptors (Lipinski definition) is 2. The van der Waals surface area contributed by atoms with Gasteiger partial charge in [0.25, 0.3) is 0 Å². The van der Waals surface area contributed by atoms with E-state index >= 15 is 0 Å². The molecule has 1 atom stereocenters. The van der Waals surface area contributed by atoms with Gasteiger partial charge in [0.1, 0.15) is 0 Å². The highest BCUT2D eigenvalue weighted by atomic mass is 32.2. The summed E-state index contributed by atoms with van der Waals surface area (Å²) >= 11 is 2.14. The summed E-state index contributed by atoms with van der Waals surface area (Å²) in [6.45, 7) is 1.26. The molecule has 1 heterocycles. The van der Waals surface area contributed by atoms with E-state index in [0.717, 1.165) is 12.0 Å². The standard InChI is InChI=1S/C9H17NS/c1-3-8(4-1)9-7-11-6-2-5-10-9/h8-10H,1-7H2/t9-/m0/s1. The highest BCUT2D eigenvalue weighted by Crippen LogP contribution is 2.31. The largest absolute Gasteiger partial charge is 0.313 e. The minimum Gasteiger partial charge on any atom is -0.313 e. The van der Waals surface area contributed by atoms with Crippen molar-refractivity contribution in [1.29, 1.82) is 0 Å². The lowest BCUT2D eigenvalue weighted by atomic mass is 9.80. The molecule has 11 heavy (non-hydrogen) atoms. The number of nitrogens with one attached hydrogen (secondary N) is 1. The monoisotopic (exact) mass is 171 g/mol. The molecule has 2 fully saturated rings. The van der Waals surface area contributed by atoms with E-state index in [0.29, 0.717) is 0 Å². The van der Waals surface area contributed by atoms with Crippen LogP contribution in [0.3, 0.4) is 0 Å². The Hall–Kier alpha value is 0.310. The van der Waals surface area contributed by atoms with Gasteiger partial charge in [-0.1, -0.05) is 6.42 Å². The van der Waals surface area contributed by atoms with E-state index in [2.05, 4.69) is 17.1 Å². The molecule has 0 radical (unpaired) electrons. The summed E-state index contributed by atoms with van der Waals surface area (Å²) in [7, 11) is 0. The van der Waals surface area contributed by atoms with Gasteiger partial charge < -0.3 is 5.32 Å². The zero-order valence-corrected chi connectivity index (χ0v) is 7.83. The Morgan fingerprint density at radius 1 is 1.18 bits per heavy atom. The number of hydrogen-bond donors (Lipinski definition) is 1. The van der Waals surface area contributed by atoms with Crippen LogP contribution in [0.15, 0.2) is 0 Å². The van der Waals surface area contributed by atoms with Gasteiger partial charge in [0.15, 0.2) is 0 Å². The lowest BCUT2D eigenvalue weighted by molar-refractivity contribution is 0.246. The van der Waals surface area contributed by atoms with Crippen LogP contribution < -0.4 is 5.32 Å². The zero-order chi connectivity index (χ0) is 7.52. The second-order valence-corrected chi connectivity index (χ2v) is 4.83. The molecule has 0 unspecified atom stereocenters. The van der Waals surface area contributed by atoms with Crippen molar-refractivity contribution in [3.05, 3.63) is 0 Å². The predicted molar refractivity (Wildman–Crippen MR) is 51.1 cm³/mol. The maximum atomic E-state index is 3.66. The zero-order valence-electron chi connectivity index (χ0n) is 7.01. The van der Waals surface area contributed by atoms with Crippen molar-refractivity contribution in [2.24, 2.45) is 5.92 Å². The smallest absolute Gasteiger partial charge is 0.0186 e. The van der Waals surface area contributed by atoms with E-state index in [1.54, 1.807) is 0 Å². The molecule has 0 aromatic rings. The molecular formula is C9H17NS. The van der Waals surface area contributed by atoms with E-state index in [9.17, 15) is 0 Å². The predicted octanol–water partition coefficient (Wildman–Crippen LogP) is 1.88. The molecule has 1 N–H and O–H groups in total. The Balaban J connectivity index is 1.80. The molecule has 2 rings (SSSR count). The Morgan fingerprint density at radius 2 is 2.09 bits per heavy atom. The molecule has 2 heteroatoms. The van der Waals surface area contributed by atoms with Gasteiger partial charge in [0.2, 0.25) is 0 Å². The molecule has 1 saturated carbocycles. The summed E-state index contributed by atoms with van der Waals surface area (Å²) in [5, 5.41) is 3.66. The lowest BCUT2D eigenvalue weighted by Gasteiger charge is -2.33. The van der Waals surface area contributed by atoms with Gasteiger partial charge >= 0.3 is 0 Å². The van der Waals surface area contributed by atoms with Gasteiger partial charge in [-0.3, -0.25) is 0 Å². The molecule has 2 aliphatic rings. The third kappa shape index (κ3) is 1.91. The Bertz CT molecular complexity index is 115. The second-order valence-electron chi connectivity index (χ2n) is 3.68. The van der Waals surface area contributed by atoms with Crippen molar-refractivity contribution in [2.75, 3.05) is 18.1 Å². The van der Waals surface area contributed by atoms with Crippen molar-refractivity contribution in [2.45, 2.75) is 31.7 Å². The summed E-state index contributed by atoms with van der Waals surface area (Å²) in [5.41, 5.74) is 0.